The molecule has 4 heteroatoms. The van der Waals surface area contributed by atoms with Crippen molar-refractivity contribution < 1.29 is 14.2 Å². The van der Waals surface area contributed by atoms with E-state index in [4.69, 9.17) is 4.74 Å². The van der Waals surface area contributed by atoms with Gasteiger partial charge in [0, 0.05) is 30.3 Å². The maximum Gasteiger partial charge on any atom is 0.124 e. The van der Waals surface area contributed by atoms with Gasteiger partial charge in [0.2, 0.25) is 0 Å². The fraction of sp³-hybridized carbons (Fsp3) is 0.538. The molecule has 0 aliphatic heterocycles. The van der Waals surface area contributed by atoms with Gasteiger partial charge in [0.1, 0.15) is 5.82 Å². The molecule has 2 rings (SSSR count). The third-order valence-electron chi connectivity index (χ3n) is 3.15. The van der Waals surface area contributed by atoms with Crippen LogP contribution in [0.5, 0.6) is 0 Å². The second-order valence-electron chi connectivity index (χ2n) is 4.62. The molecular weight excluding hydrogens is 287 g/mol. The zero-order valence-electron chi connectivity index (χ0n) is 9.75. The fourth-order valence-corrected chi connectivity index (χ4v) is 2.80. The normalized spacial score (nSPS) is 27.9. The third-order valence-corrected chi connectivity index (χ3v) is 3.89. The summed E-state index contributed by atoms with van der Waals surface area (Å²) in [6.45, 7) is 2.63. The molecule has 0 heterocycles. The highest BCUT2D eigenvalue weighted by atomic mass is 79.9. The van der Waals surface area contributed by atoms with Crippen LogP contribution in [0.1, 0.15) is 25.3 Å². The van der Waals surface area contributed by atoms with Crippen molar-refractivity contribution in [2.45, 2.75) is 37.9 Å². The maximum absolute atomic E-state index is 12.9. The molecule has 0 radical (unpaired) electrons. The van der Waals surface area contributed by atoms with Gasteiger partial charge in [0.25, 0.3) is 0 Å². The molecule has 0 unspecified atom stereocenters. The quantitative estimate of drug-likeness (QED) is 0.926. The monoisotopic (exact) mass is 302 g/mol. The first-order chi connectivity index (χ1) is 8.02. The van der Waals surface area contributed by atoms with Crippen LogP contribution < -0.4 is 0 Å². The van der Waals surface area contributed by atoms with Gasteiger partial charge in [-0.15, -0.1) is 0 Å². The molecular formula is C13H16BrFO2. The lowest BCUT2D eigenvalue weighted by molar-refractivity contribution is -0.136. The lowest BCUT2D eigenvalue weighted by atomic mass is 9.73. The van der Waals surface area contributed by atoms with Crippen LogP contribution in [0.3, 0.4) is 0 Å². The highest BCUT2D eigenvalue weighted by molar-refractivity contribution is 9.10. The van der Waals surface area contributed by atoms with Crippen molar-refractivity contribution in [3.8, 4) is 0 Å². The zero-order valence-corrected chi connectivity index (χ0v) is 11.3. The van der Waals surface area contributed by atoms with Crippen LogP contribution in [0.25, 0.3) is 0 Å². The summed E-state index contributed by atoms with van der Waals surface area (Å²) in [7, 11) is 0. The second kappa shape index (κ2) is 5.04. The summed E-state index contributed by atoms with van der Waals surface area (Å²) in [5.41, 5.74) is 0.240. The van der Waals surface area contributed by atoms with Crippen molar-refractivity contribution in [3.05, 3.63) is 34.1 Å². The van der Waals surface area contributed by atoms with Gasteiger partial charge in [-0.3, -0.25) is 0 Å². The fourth-order valence-electron chi connectivity index (χ4n) is 2.31. The Bertz CT molecular complexity index is 402. The van der Waals surface area contributed by atoms with E-state index in [0.717, 1.165) is 5.56 Å². The molecule has 0 atom stereocenters. The molecule has 1 aliphatic rings. The molecule has 1 fully saturated rings. The Morgan fingerprint density at radius 3 is 2.82 bits per heavy atom. The standard InChI is InChI=1S/C13H16BrFO2/c1-2-17-11-7-13(16,8-11)6-9-3-4-10(15)5-12(9)14/h3-5,11,16H,2,6-8H2,1H3. The SMILES string of the molecule is CCOC1CC(O)(Cc2ccc(F)cc2Br)C1. The van der Waals surface area contributed by atoms with Crippen LogP contribution in [0.4, 0.5) is 4.39 Å². The number of benzene rings is 1. The Hall–Kier alpha value is -0.450. The Morgan fingerprint density at radius 2 is 2.24 bits per heavy atom. The van der Waals surface area contributed by atoms with E-state index in [9.17, 15) is 9.50 Å². The van der Waals surface area contributed by atoms with E-state index >= 15 is 0 Å². The number of hydrogen-bond donors (Lipinski definition) is 1. The van der Waals surface area contributed by atoms with E-state index in [2.05, 4.69) is 15.9 Å². The van der Waals surface area contributed by atoms with Gasteiger partial charge in [0.15, 0.2) is 0 Å². The predicted octanol–water partition coefficient (Wildman–Crippen LogP) is 3.06. The molecule has 0 bridgehead atoms. The highest BCUT2D eigenvalue weighted by Crippen LogP contribution is 2.38. The van der Waals surface area contributed by atoms with Crippen molar-refractivity contribution in [1.29, 1.82) is 0 Å². The largest absolute Gasteiger partial charge is 0.389 e. The van der Waals surface area contributed by atoms with Gasteiger partial charge >= 0.3 is 0 Å². The van der Waals surface area contributed by atoms with Gasteiger partial charge < -0.3 is 9.84 Å². The number of hydrogen-bond acceptors (Lipinski definition) is 2. The minimum atomic E-state index is -0.694. The van der Waals surface area contributed by atoms with Crippen LogP contribution in [0.2, 0.25) is 0 Å². The topological polar surface area (TPSA) is 29.5 Å². The van der Waals surface area contributed by atoms with Crippen LogP contribution in [-0.4, -0.2) is 23.4 Å². The van der Waals surface area contributed by atoms with Gasteiger partial charge in [-0.1, -0.05) is 22.0 Å². The van der Waals surface area contributed by atoms with E-state index < -0.39 is 5.60 Å². The molecule has 94 valence electrons. The maximum atomic E-state index is 12.9. The van der Waals surface area contributed by atoms with Gasteiger partial charge in [-0.05, 0) is 24.6 Å². The van der Waals surface area contributed by atoms with Crippen molar-refractivity contribution in [2.75, 3.05) is 6.61 Å². The predicted molar refractivity (Wildman–Crippen MR) is 67.4 cm³/mol. The van der Waals surface area contributed by atoms with Crippen molar-refractivity contribution in [1.82, 2.24) is 0 Å². The average molecular weight is 303 g/mol. The molecule has 0 amide bonds. The first kappa shape index (κ1) is 13.0. The summed E-state index contributed by atoms with van der Waals surface area (Å²) >= 11 is 3.32. The first-order valence-electron chi connectivity index (χ1n) is 5.80. The van der Waals surface area contributed by atoms with Crippen LogP contribution >= 0.6 is 15.9 Å². The summed E-state index contributed by atoms with van der Waals surface area (Å²) < 4.78 is 19.1. The molecule has 0 spiro atoms. The lowest BCUT2D eigenvalue weighted by Crippen LogP contribution is -2.49. The van der Waals surface area contributed by atoms with E-state index in [-0.39, 0.29) is 11.9 Å². The zero-order chi connectivity index (χ0) is 12.5. The minimum absolute atomic E-state index is 0.171. The molecule has 0 aromatic heterocycles. The molecule has 1 aromatic carbocycles. The summed E-state index contributed by atoms with van der Waals surface area (Å²) in [5.74, 6) is -0.270. The highest BCUT2D eigenvalue weighted by Gasteiger charge is 2.43. The average Bonchev–Trinajstić information content (AvgIpc) is 2.21. The third kappa shape index (κ3) is 3.06. The first-order valence-corrected chi connectivity index (χ1v) is 6.59. The van der Waals surface area contributed by atoms with E-state index in [1.807, 2.05) is 6.92 Å². The number of aliphatic hydroxyl groups is 1. The summed E-state index contributed by atoms with van der Waals surface area (Å²) in [4.78, 5) is 0. The number of halogens is 2. The van der Waals surface area contributed by atoms with Crippen molar-refractivity contribution in [2.24, 2.45) is 0 Å². The summed E-state index contributed by atoms with van der Waals surface area (Å²) in [6, 6.07) is 4.56. The van der Waals surface area contributed by atoms with Crippen LogP contribution in [-0.2, 0) is 11.2 Å². The Balaban J connectivity index is 1.98. The van der Waals surface area contributed by atoms with Crippen molar-refractivity contribution >= 4 is 15.9 Å². The lowest BCUT2D eigenvalue weighted by Gasteiger charge is -2.43. The van der Waals surface area contributed by atoms with Crippen LogP contribution in [0.15, 0.2) is 22.7 Å². The summed E-state index contributed by atoms with van der Waals surface area (Å²) in [5, 5.41) is 10.3. The molecule has 17 heavy (non-hydrogen) atoms. The van der Waals surface area contributed by atoms with E-state index in [1.54, 1.807) is 6.07 Å². The second-order valence-corrected chi connectivity index (χ2v) is 5.48. The molecule has 1 saturated carbocycles. The van der Waals surface area contributed by atoms with E-state index in [0.29, 0.717) is 30.3 Å². The van der Waals surface area contributed by atoms with Gasteiger partial charge in [0.05, 0.1) is 11.7 Å². The number of ether oxygens (including phenoxy) is 1. The molecule has 1 aromatic rings. The van der Waals surface area contributed by atoms with Gasteiger partial charge in [-0.25, -0.2) is 4.39 Å². The van der Waals surface area contributed by atoms with Gasteiger partial charge in [-0.2, -0.15) is 0 Å². The number of rotatable bonds is 4. The Morgan fingerprint density at radius 1 is 1.53 bits per heavy atom. The smallest absolute Gasteiger partial charge is 0.124 e. The molecule has 2 nitrogen and oxygen atoms in total. The Labute approximate surface area is 109 Å². The van der Waals surface area contributed by atoms with Crippen molar-refractivity contribution in [3.63, 3.8) is 0 Å². The summed E-state index contributed by atoms with van der Waals surface area (Å²) in [6.07, 6.45) is 2.02. The van der Waals surface area contributed by atoms with Crippen LogP contribution in [0, 0.1) is 5.82 Å². The van der Waals surface area contributed by atoms with E-state index in [1.165, 1.54) is 12.1 Å². The minimum Gasteiger partial charge on any atom is -0.389 e. The molecule has 1 N–H and O–H groups in total. The Kier molecular flexibility index (Phi) is 3.85. The molecule has 1 aliphatic carbocycles. The molecule has 0 saturated heterocycles.